The van der Waals surface area contributed by atoms with Crippen LogP contribution in [0, 0.1) is 5.82 Å². The number of carbonyl (C=O) groups excluding carboxylic acids is 1. The molecule has 31 heavy (non-hydrogen) atoms. The van der Waals surface area contributed by atoms with Crippen LogP contribution in [0.15, 0.2) is 72.8 Å². The average Bonchev–Trinajstić information content (AvgIpc) is 3.17. The van der Waals surface area contributed by atoms with E-state index in [-0.39, 0.29) is 17.8 Å². The molecule has 5 rings (SSSR count). The number of nitrogens with one attached hydrogen (secondary N) is 2. The lowest BCUT2D eigenvalue weighted by molar-refractivity contribution is -0.122. The fourth-order valence-corrected chi connectivity index (χ4v) is 4.32. The number of benzene rings is 3. The zero-order valence-electron chi connectivity index (χ0n) is 17.0. The Labute approximate surface area is 180 Å². The van der Waals surface area contributed by atoms with Crippen LogP contribution in [0.2, 0.25) is 0 Å². The highest BCUT2D eigenvalue weighted by molar-refractivity contribution is 5.91. The van der Waals surface area contributed by atoms with Gasteiger partial charge in [-0.3, -0.25) is 4.79 Å². The van der Waals surface area contributed by atoms with Gasteiger partial charge in [0.1, 0.15) is 11.6 Å². The number of H-pyrrole nitrogens is 1. The van der Waals surface area contributed by atoms with Crippen LogP contribution in [-0.4, -0.2) is 17.5 Å². The number of hydrogen-bond acceptors (Lipinski definition) is 2. The Morgan fingerprint density at radius 2 is 1.81 bits per heavy atom. The fraction of sp³-hybridized carbons (Fsp3) is 0.192. The monoisotopic (exact) mass is 414 g/mol. The van der Waals surface area contributed by atoms with E-state index in [2.05, 4.69) is 16.4 Å². The SMILES string of the molecule is O=C(CCc1c(-c2ccc(F)cc2)[nH]c2ccccc12)N[C@H]1CCOc2ccccc21. The molecule has 2 N–H and O–H groups in total. The van der Waals surface area contributed by atoms with Crippen molar-refractivity contribution in [3.8, 4) is 17.0 Å². The van der Waals surface area contributed by atoms with E-state index < -0.39 is 0 Å². The van der Waals surface area contributed by atoms with E-state index in [1.54, 1.807) is 12.1 Å². The van der Waals surface area contributed by atoms with Gasteiger partial charge in [-0.25, -0.2) is 4.39 Å². The van der Waals surface area contributed by atoms with Gasteiger partial charge < -0.3 is 15.0 Å². The molecule has 3 aromatic carbocycles. The molecule has 156 valence electrons. The second-order valence-corrected chi connectivity index (χ2v) is 7.83. The molecule has 0 spiro atoms. The maximum Gasteiger partial charge on any atom is 0.220 e. The van der Waals surface area contributed by atoms with Crippen LogP contribution in [0.5, 0.6) is 5.75 Å². The number of carbonyl (C=O) groups is 1. The number of halogens is 1. The molecule has 1 amide bonds. The maximum atomic E-state index is 13.4. The van der Waals surface area contributed by atoms with Crippen molar-refractivity contribution in [2.24, 2.45) is 0 Å². The zero-order valence-corrected chi connectivity index (χ0v) is 17.0. The molecule has 0 fully saturated rings. The molecule has 4 aromatic rings. The standard InChI is InChI=1S/C26H23FN2O2/c27-18-11-9-17(10-12-18)26-20(19-5-1-3-7-22(19)29-26)13-14-25(30)28-23-15-16-31-24-8-4-2-6-21(23)24/h1-12,23,29H,13-16H2,(H,28,30)/t23-/m0/s1. The molecule has 0 radical (unpaired) electrons. The number of aromatic nitrogens is 1. The van der Waals surface area contributed by atoms with Gasteiger partial charge in [-0.05, 0) is 53.9 Å². The number of rotatable bonds is 5. The Hall–Kier alpha value is -3.60. The van der Waals surface area contributed by atoms with Crippen LogP contribution in [0.25, 0.3) is 22.2 Å². The highest BCUT2D eigenvalue weighted by atomic mass is 19.1. The lowest BCUT2D eigenvalue weighted by atomic mass is 9.99. The molecule has 0 aliphatic carbocycles. The van der Waals surface area contributed by atoms with Crippen LogP contribution >= 0.6 is 0 Å². The third kappa shape index (κ3) is 3.91. The first-order valence-electron chi connectivity index (χ1n) is 10.6. The second-order valence-electron chi connectivity index (χ2n) is 7.83. The topological polar surface area (TPSA) is 54.1 Å². The third-order valence-electron chi connectivity index (χ3n) is 5.84. The normalized spacial score (nSPS) is 15.3. The van der Waals surface area contributed by atoms with E-state index in [1.165, 1.54) is 12.1 Å². The Balaban J connectivity index is 1.37. The summed E-state index contributed by atoms with van der Waals surface area (Å²) in [7, 11) is 0. The van der Waals surface area contributed by atoms with E-state index in [0.29, 0.717) is 19.4 Å². The molecule has 0 saturated heterocycles. The molecule has 0 unspecified atom stereocenters. The first-order chi connectivity index (χ1) is 15.2. The van der Waals surface area contributed by atoms with Gasteiger partial charge in [0.05, 0.1) is 12.6 Å². The molecular weight excluding hydrogens is 391 g/mol. The fourth-order valence-electron chi connectivity index (χ4n) is 4.32. The third-order valence-corrected chi connectivity index (χ3v) is 5.84. The number of aromatic amines is 1. The number of fused-ring (bicyclic) bond motifs is 2. The Morgan fingerprint density at radius 3 is 2.68 bits per heavy atom. The minimum absolute atomic E-state index is 0.0111. The van der Waals surface area contributed by atoms with E-state index in [0.717, 1.165) is 45.5 Å². The molecule has 5 heteroatoms. The molecule has 1 aromatic heterocycles. The van der Waals surface area contributed by atoms with Crippen molar-refractivity contribution in [1.29, 1.82) is 0 Å². The number of aryl methyl sites for hydroxylation is 1. The Bertz CT molecular complexity index is 1230. The van der Waals surface area contributed by atoms with Gasteiger partial charge in [0.25, 0.3) is 0 Å². The lowest BCUT2D eigenvalue weighted by Gasteiger charge is -2.26. The van der Waals surface area contributed by atoms with E-state index in [9.17, 15) is 9.18 Å². The van der Waals surface area contributed by atoms with Gasteiger partial charge in [-0.1, -0.05) is 36.4 Å². The molecule has 1 aliphatic heterocycles. The van der Waals surface area contributed by atoms with Gasteiger partial charge in [-0.2, -0.15) is 0 Å². The maximum absolute atomic E-state index is 13.4. The molecule has 2 heterocycles. The minimum Gasteiger partial charge on any atom is -0.493 e. The molecule has 0 bridgehead atoms. The smallest absolute Gasteiger partial charge is 0.220 e. The van der Waals surface area contributed by atoms with Gasteiger partial charge in [0.15, 0.2) is 0 Å². The number of ether oxygens (including phenoxy) is 1. The van der Waals surface area contributed by atoms with Crippen molar-refractivity contribution in [3.05, 3.63) is 89.7 Å². The highest BCUT2D eigenvalue weighted by Crippen LogP contribution is 2.33. The van der Waals surface area contributed by atoms with Crippen molar-refractivity contribution >= 4 is 16.8 Å². The van der Waals surface area contributed by atoms with Crippen LogP contribution in [-0.2, 0) is 11.2 Å². The van der Waals surface area contributed by atoms with Crippen molar-refractivity contribution < 1.29 is 13.9 Å². The summed E-state index contributed by atoms with van der Waals surface area (Å²) >= 11 is 0. The molecule has 1 atom stereocenters. The zero-order chi connectivity index (χ0) is 21.2. The van der Waals surface area contributed by atoms with Gasteiger partial charge in [-0.15, -0.1) is 0 Å². The van der Waals surface area contributed by atoms with E-state index in [1.807, 2.05) is 42.5 Å². The lowest BCUT2D eigenvalue weighted by Crippen LogP contribution is -2.32. The summed E-state index contributed by atoms with van der Waals surface area (Å²) in [6, 6.07) is 22.3. The average molecular weight is 414 g/mol. The van der Waals surface area contributed by atoms with Gasteiger partial charge in [0.2, 0.25) is 5.91 Å². The minimum atomic E-state index is -0.266. The van der Waals surface area contributed by atoms with E-state index in [4.69, 9.17) is 4.74 Å². The predicted molar refractivity (Wildman–Crippen MR) is 119 cm³/mol. The summed E-state index contributed by atoms with van der Waals surface area (Å²) < 4.78 is 19.1. The summed E-state index contributed by atoms with van der Waals surface area (Å²) in [6.45, 7) is 0.596. The van der Waals surface area contributed by atoms with Crippen LogP contribution in [0.4, 0.5) is 4.39 Å². The number of amides is 1. The summed E-state index contributed by atoms with van der Waals surface area (Å²) in [5.41, 5.74) is 4.96. The summed E-state index contributed by atoms with van der Waals surface area (Å²) in [6.07, 6.45) is 1.72. The predicted octanol–water partition coefficient (Wildman–Crippen LogP) is 5.55. The Kier molecular flexibility index (Phi) is 5.16. The van der Waals surface area contributed by atoms with Crippen molar-refractivity contribution in [3.63, 3.8) is 0 Å². The quantitative estimate of drug-likeness (QED) is 0.450. The van der Waals surface area contributed by atoms with Crippen LogP contribution in [0.1, 0.15) is 30.0 Å². The van der Waals surface area contributed by atoms with Crippen molar-refractivity contribution in [2.45, 2.75) is 25.3 Å². The Morgan fingerprint density at radius 1 is 1.03 bits per heavy atom. The summed E-state index contributed by atoms with van der Waals surface area (Å²) in [5, 5.41) is 4.26. The van der Waals surface area contributed by atoms with Crippen LogP contribution < -0.4 is 10.1 Å². The summed E-state index contributed by atoms with van der Waals surface area (Å²) in [5.74, 6) is 0.587. The van der Waals surface area contributed by atoms with Crippen molar-refractivity contribution in [1.82, 2.24) is 10.3 Å². The van der Waals surface area contributed by atoms with Crippen LogP contribution in [0.3, 0.4) is 0 Å². The molecule has 0 saturated carbocycles. The highest BCUT2D eigenvalue weighted by Gasteiger charge is 2.23. The van der Waals surface area contributed by atoms with Gasteiger partial charge >= 0.3 is 0 Å². The van der Waals surface area contributed by atoms with Crippen molar-refractivity contribution in [2.75, 3.05) is 6.61 Å². The largest absolute Gasteiger partial charge is 0.493 e. The molecule has 1 aliphatic rings. The van der Waals surface area contributed by atoms with Gasteiger partial charge in [0, 0.05) is 35.0 Å². The first-order valence-corrected chi connectivity index (χ1v) is 10.6. The number of para-hydroxylation sites is 2. The van der Waals surface area contributed by atoms with E-state index >= 15 is 0 Å². The summed E-state index contributed by atoms with van der Waals surface area (Å²) in [4.78, 5) is 16.3. The second kappa shape index (κ2) is 8.26. The first kappa shape index (κ1) is 19.4. The number of hydrogen-bond donors (Lipinski definition) is 2. The molecule has 4 nitrogen and oxygen atoms in total. The molecular formula is C26H23FN2O2.